The van der Waals surface area contributed by atoms with Crippen LogP contribution in [0.2, 0.25) is 0 Å². The van der Waals surface area contributed by atoms with Gasteiger partial charge in [0.1, 0.15) is 11.5 Å². The number of aromatic hydroxyl groups is 2. The van der Waals surface area contributed by atoms with Crippen molar-refractivity contribution in [1.29, 1.82) is 0 Å². The van der Waals surface area contributed by atoms with Crippen molar-refractivity contribution < 1.29 is 46.8 Å². The number of aryl methyl sites for hydroxylation is 2. The molecule has 41 heavy (non-hydrogen) atoms. The number of aliphatic imine (C=N–C) groups is 2. The molecule has 3 aromatic rings. The number of carboxylic acid groups (broad SMARTS) is 2. The summed E-state index contributed by atoms with van der Waals surface area (Å²) in [6, 6.07) is 15.5. The molecule has 0 amide bonds. The molecule has 2 N–H and O–H groups in total. The normalized spacial score (nSPS) is 10.6. The van der Waals surface area contributed by atoms with Crippen molar-refractivity contribution in [1.82, 2.24) is 0 Å². The van der Waals surface area contributed by atoms with E-state index in [4.69, 9.17) is 19.8 Å². The Morgan fingerprint density at radius 2 is 1.02 bits per heavy atom. The van der Waals surface area contributed by atoms with E-state index in [0.29, 0.717) is 23.0 Å². The molecule has 0 aliphatic heterocycles. The number of nitrogens with zero attached hydrogens (tertiary/aromatic N) is 2. The molecule has 0 saturated heterocycles. The summed E-state index contributed by atoms with van der Waals surface area (Å²) in [5, 5.41) is 38.6. The van der Waals surface area contributed by atoms with Gasteiger partial charge in [-0.3, -0.25) is 9.98 Å². The molecule has 0 atom stereocenters. The van der Waals surface area contributed by atoms with E-state index in [9.17, 15) is 10.2 Å². The zero-order valence-electron chi connectivity index (χ0n) is 24.7. The molecule has 0 fully saturated rings. The van der Waals surface area contributed by atoms with Crippen molar-refractivity contribution in [3.8, 4) is 11.5 Å². The Bertz CT molecular complexity index is 1270. The van der Waals surface area contributed by atoms with Gasteiger partial charge in [-0.15, -0.1) is 0 Å². The van der Waals surface area contributed by atoms with Crippen LogP contribution in [0.25, 0.3) is 0 Å². The fraction of sp³-hybridized carbons (Fsp3) is 0.312. The average Bonchev–Trinajstić information content (AvgIpc) is 2.85. The van der Waals surface area contributed by atoms with Crippen LogP contribution in [-0.2, 0) is 26.4 Å². The second-order valence-electron chi connectivity index (χ2n) is 9.88. The Morgan fingerprint density at radius 3 is 1.32 bits per heavy atom. The quantitative estimate of drug-likeness (QED) is 0.380. The van der Waals surface area contributed by atoms with Gasteiger partial charge in [-0.05, 0) is 92.1 Å². The van der Waals surface area contributed by atoms with Gasteiger partial charge in [0, 0.05) is 35.5 Å². The smallest absolute Gasteiger partial charge is 0.550 e. The molecular weight excluding hydrogens is 567 g/mol. The molecule has 1 radical (unpaired) electrons. The van der Waals surface area contributed by atoms with E-state index in [2.05, 4.69) is 37.7 Å². The van der Waals surface area contributed by atoms with E-state index in [0.717, 1.165) is 36.3 Å². The first-order valence-electron chi connectivity index (χ1n) is 12.8. The SMILES string of the molecule is CC(=O)[O-].CC(=O)[O-].Cc1cc(C(C)C)cc(C=Nc2cccc(N=Cc3cc(C(C)C)cc(C)c3O)c2)c1O.[Co+2]. The summed E-state index contributed by atoms with van der Waals surface area (Å²) >= 11 is 0. The third kappa shape index (κ3) is 13.3. The summed E-state index contributed by atoms with van der Waals surface area (Å²) in [6.45, 7) is 14.3. The van der Waals surface area contributed by atoms with E-state index >= 15 is 0 Å². The van der Waals surface area contributed by atoms with Crippen molar-refractivity contribution >= 4 is 35.7 Å². The van der Waals surface area contributed by atoms with E-state index in [-0.39, 0.29) is 28.3 Å². The molecule has 0 bridgehead atoms. The van der Waals surface area contributed by atoms with Crippen LogP contribution in [0.1, 0.15) is 86.8 Å². The number of hydrogen-bond acceptors (Lipinski definition) is 8. The Morgan fingerprint density at radius 1 is 0.707 bits per heavy atom. The number of phenols is 2. The van der Waals surface area contributed by atoms with E-state index in [1.165, 1.54) is 11.1 Å². The van der Waals surface area contributed by atoms with Crippen LogP contribution in [0, 0.1) is 13.8 Å². The largest absolute Gasteiger partial charge is 2.00 e. The molecule has 0 saturated carbocycles. The van der Waals surface area contributed by atoms with Crippen molar-refractivity contribution in [2.45, 2.75) is 67.2 Å². The number of carbonyl (C=O) groups is 2. The monoisotopic (exact) mass is 605 g/mol. The predicted octanol–water partition coefficient (Wildman–Crippen LogP) is 4.97. The summed E-state index contributed by atoms with van der Waals surface area (Å²) in [5.74, 6) is -0.923. The Labute approximate surface area is 252 Å². The molecule has 9 heteroatoms. The number of carboxylic acids is 2. The van der Waals surface area contributed by atoms with Gasteiger partial charge >= 0.3 is 16.8 Å². The average molecular weight is 606 g/mol. The van der Waals surface area contributed by atoms with Gasteiger partial charge in [-0.1, -0.05) is 45.9 Å². The van der Waals surface area contributed by atoms with Gasteiger partial charge in [0.05, 0.1) is 11.4 Å². The molecule has 0 aliphatic rings. The van der Waals surface area contributed by atoms with Gasteiger partial charge in [-0.25, -0.2) is 0 Å². The Hall–Kier alpha value is -3.95. The van der Waals surface area contributed by atoms with E-state index in [1.54, 1.807) is 12.4 Å². The van der Waals surface area contributed by atoms with Crippen LogP contribution in [-0.4, -0.2) is 34.6 Å². The number of carbonyl (C=O) groups excluding carboxylic acids is 2. The van der Waals surface area contributed by atoms with Gasteiger partial charge in [0.2, 0.25) is 0 Å². The fourth-order valence-corrected chi connectivity index (χ4v) is 3.48. The zero-order chi connectivity index (χ0) is 30.6. The molecule has 221 valence electrons. The summed E-state index contributed by atoms with van der Waals surface area (Å²) in [4.78, 5) is 26.9. The molecule has 0 heterocycles. The minimum atomic E-state index is -1.08. The summed E-state index contributed by atoms with van der Waals surface area (Å²) in [5.41, 5.74) is 6.90. The first kappa shape index (κ1) is 37.0. The minimum absolute atomic E-state index is 0. The second-order valence-corrected chi connectivity index (χ2v) is 9.88. The number of aliphatic carboxylic acids is 2. The van der Waals surface area contributed by atoms with Crippen molar-refractivity contribution in [3.05, 3.63) is 81.9 Å². The van der Waals surface area contributed by atoms with Gasteiger partial charge < -0.3 is 30.0 Å². The molecule has 8 nitrogen and oxygen atoms in total. The van der Waals surface area contributed by atoms with E-state index < -0.39 is 11.9 Å². The molecule has 0 spiro atoms. The van der Waals surface area contributed by atoms with Crippen LogP contribution < -0.4 is 10.2 Å². The first-order chi connectivity index (χ1) is 18.6. The third-order valence-electron chi connectivity index (χ3n) is 5.57. The molecule has 0 aliphatic carbocycles. The molecule has 0 unspecified atom stereocenters. The number of hydrogen-bond donors (Lipinski definition) is 2. The molecule has 3 rings (SSSR count). The van der Waals surface area contributed by atoms with Gasteiger partial charge in [0.15, 0.2) is 0 Å². The van der Waals surface area contributed by atoms with Crippen molar-refractivity contribution in [3.63, 3.8) is 0 Å². The zero-order valence-corrected chi connectivity index (χ0v) is 25.7. The first-order valence-corrected chi connectivity index (χ1v) is 12.8. The maximum Gasteiger partial charge on any atom is 2.00 e. The van der Waals surface area contributed by atoms with Crippen LogP contribution in [0.4, 0.5) is 11.4 Å². The van der Waals surface area contributed by atoms with Crippen molar-refractivity contribution in [2.75, 3.05) is 0 Å². The number of benzene rings is 3. The predicted molar refractivity (Wildman–Crippen MR) is 156 cm³/mol. The molecule has 3 aromatic carbocycles. The third-order valence-corrected chi connectivity index (χ3v) is 5.57. The van der Waals surface area contributed by atoms with Gasteiger partial charge in [-0.2, -0.15) is 0 Å². The standard InChI is InChI=1S/C28H32N2O2.2C2H4O2.Co/c1-17(2)21-10-19(5)27(31)23(12-21)15-29-25-8-7-9-26(14-25)30-16-24-13-22(18(3)4)11-20(6)28(24)32;2*1-2(3)4;/h7-18,31-32H,1-6H3;2*1H3,(H,3,4);/q;;;+2/p-2. The van der Waals surface area contributed by atoms with Crippen LogP contribution >= 0.6 is 0 Å². The maximum absolute atomic E-state index is 10.4. The maximum atomic E-state index is 10.4. The number of rotatable bonds is 6. The van der Waals surface area contributed by atoms with Crippen LogP contribution in [0.15, 0.2) is 58.5 Å². The molecule has 0 aromatic heterocycles. The number of phenolic OH excluding ortho intramolecular Hbond substituents is 2. The molecular formula is C32H38CoN2O6. The summed E-state index contributed by atoms with van der Waals surface area (Å²) in [6.07, 6.45) is 3.39. The Balaban J connectivity index is 0.00000158. The van der Waals surface area contributed by atoms with Gasteiger partial charge in [0.25, 0.3) is 0 Å². The minimum Gasteiger partial charge on any atom is -0.550 e. The second kappa shape index (κ2) is 17.7. The van der Waals surface area contributed by atoms with Crippen LogP contribution in [0.3, 0.4) is 0 Å². The summed E-state index contributed by atoms with van der Waals surface area (Å²) < 4.78 is 0. The fourth-order valence-electron chi connectivity index (χ4n) is 3.48. The van der Waals surface area contributed by atoms with Crippen molar-refractivity contribution in [2.24, 2.45) is 9.98 Å². The summed E-state index contributed by atoms with van der Waals surface area (Å²) in [7, 11) is 0. The van der Waals surface area contributed by atoms with Crippen LogP contribution in [0.5, 0.6) is 11.5 Å². The van der Waals surface area contributed by atoms with E-state index in [1.807, 2.05) is 62.4 Å². The Kier molecular flexibility index (Phi) is 16.0. The topological polar surface area (TPSA) is 145 Å².